The van der Waals surface area contributed by atoms with Crippen molar-refractivity contribution in [2.24, 2.45) is 5.41 Å². The highest BCUT2D eigenvalue weighted by Gasteiger charge is 2.34. The summed E-state index contributed by atoms with van der Waals surface area (Å²) >= 11 is 0. The molecule has 1 atom stereocenters. The third-order valence-electron chi connectivity index (χ3n) is 4.13. The van der Waals surface area contributed by atoms with Crippen molar-refractivity contribution >= 4 is 16.6 Å². The molecule has 1 nitrogen and oxygen atoms in total. The molecular weight excluding hydrogens is 220 g/mol. The second-order valence-corrected chi connectivity index (χ2v) is 5.84. The molecule has 3 rings (SSSR count). The van der Waals surface area contributed by atoms with E-state index in [9.17, 15) is 4.79 Å². The van der Waals surface area contributed by atoms with Crippen molar-refractivity contribution in [3.8, 4) is 0 Å². The van der Waals surface area contributed by atoms with Crippen molar-refractivity contribution in [1.29, 1.82) is 0 Å². The standard InChI is InChI=1S/C17H18O/c1-17(10-9-15(18)12-17)11-14-7-4-6-13-5-2-3-8-16(13)14/h2-8H,9-12H2,1H3. The predicted molar refractivity (Wildman–Crippen MR) is 74.6 cm³/mol. The smallest absolute Gasteiger partial charge is 0.133 e. The largest absolute Gasteiger partial charge is 0.300 e. The highest BCUT2D eigenvalue weighted by atomic mass is 16.1. The lowest BCUT2D eigenvalue weighted by Gasteiger charge is -2.23. The normalized spacial score (nSPS) is 23.7. The number of ketones is 1. The van der Waals surface area contributed by atoms with E-state index < -0.39 is 0 Å². The van der Waals surface area contributed by atoms with Crippen molar-refractivity contribution in [2.45, 2.75) is 32.6 Å². The van der Waals surface area contributed by atoms with E-state index >= 15 is 0 Å². The predicted octanol–water partition coefficient (Wildman–Crippen LogP) is 4.14. The summed E-state index contributed by atoms with van der Waals surface area (Å²) in [5.41, 5.74) is 1.55. The van der Waals surface area contributed by atoms with Crippen molar-refractivity contribution in [3.63, 3.8) is 0 Å². The third kappa shape index (κ3) is 2.05. The Hall–Kier alpha value is -1.63. The number of carbonyl (C=O) groups is 1. The van der Waals surface area contributed by atoms with E-state index in [0.29, 0.717) is 5.78 Å². The summed E-state index contributed by atoms with van der Waals surface area (Å²) in [6, 6.07) is 15.0. The number of rotatable bonds is 2. The van der Waals surface area contributed by atoms with E-state index in [4.69, 9.17) is 0 Å². The summed E-state index contributed by atoms with van der Waals surface area (Å²) in [6.07, 6.45) is 3.56. The minimum Gasteiger partial charge on any atom is -0.300 e. The van der Waals surface area contributed by atoms with Gasteiger partial charge in [0.05, 0.1) is 0 Å². The second-order valence-electron chi connectivity index (χ2n) is 5.84. The number of hydrogen-bond donors (Lipinski definition) is 0. The lowest BCUT2D eigenvalue weighted by Crippen LogP contribution is -2.15. The molecule has 2 aromatic rings. The Balaban J connectivity index is 1.98. The van der Waals surface area contributed by atoms with Crippen LogP contribution in [-0.2, 0) is 11.2 Å². The SMILES string of the molecule is CC1(Cc2cccc3ccccc23)CCC(=O)C1. The molecule has 0 aliphatic heterocycles. The molecule has 1 heteroatoms. The van der Waals surface area contributed by atoms with Crippen LogP contribution in [0.3, 0.4) is 0 Å². The maximum atomic E-state index is 11.5. The zero-order valence-electron chi connectivity index (χ0n) is 10.8. The molecule has 1 aliphatic carbocycles. The minimum absolute atomic E-state index is 0.168. The summed E-state index contributed by atoms with van der Waals surface area (Å²) in [5.74, 6) is 0.428. The molecule has 0 spiro atoms. The van der Waals surface area contributed by atoms with E-state index in [1.54, 1.807) is 0 Å². The fraction of sp³-hybridized carbons (Fsp3) is 0.353. The van der Waals surface area contributed by atoms with Gasteiger partial charge in [-0.05, 0) is 34.6 Å². The maximum Gasteiger partial charge on any atom is 0.133 e. The van der Waals surface area contributed by atoms with Gasteiger partial charge in [0.15, 0.2) is 0 Å². The first-order valence-electron chi connectivity index (χ1n) is 6.65. The van der Waals surface area contributed by atoms with E-state index in [1.807, 2.05) is 0 Å². The zero-order chi connectivity index (χ0) is 12.6. The van der Waals surface area contributed by atoms with E-state index in [1.165, 1.54) is 16.3 Å². The summed E-state index contributed by atoms with van der Waals surface area (Å²) in [5, 5.41) is 2.63. The molecule has 0 bridgehead atoms. The number of carbonyl (C=O) groups excluding carboxylic acids is 1. The summed E-state index contributed by atoms with van der Waals surface area (Å²) in [7, 11) is 0. The molecule has 0 aromatic heterocycles. The Kier molecular flexibility index (Phi) is 2.70. The quantitative estimate of drug-likeness (QED) is 0.768. The lowest BCUT2D eigenvalue weighted by molar-refractivity contribution is -0.117. The van der Waals surface area contributed by atoms with Crippen molar-refractivity contribution in [2.75, 3.05) is 0 Å². The highest BCUT2D eigenvalue weighted by molar-refractivity contribution is 5.86. The lowest BCUT2D eigenvalue weighted by atomic mass is 9.81. The molecule has 0 N–H and O–H groups in total. The molecule has 2 aromatic carbocycles. The molecule has 0 heterocycles. The van der Waals surface area contributed by atoms with Crippen LogP contribution in [-0.4, -0.2) is 5.78 Å². The van der Waals surface area contributed by atoms with Gasteiger partial charge in [0, 0.05) is 12.8 Å². The Bertz CT molecular complexity index is 594. The zero-order valence-corrected chi connectivity index (χ0v) is 10.8. The average Bonchev–Trinajstić information content (AvgIpc) is 2.70. The van der Waals surface area contributed by atoms with Gasteiger partial charge in [0.25, 0.3) is 0 Å². The van der Waals surface area contributed by atoms with Crippen LogP contribution in [0.5, 0.6) is 0 Å². The molecule has 1 unspecified atom stereocenters. The van der Waals surface area contributed by atoms with Gasteiger partial charge >= 0.3 is 0 Å². The topological polar surface area (TPSA) is 17.1 Å². The monoisotopic (exact) mass is 238 g/mol. The van der Waals surface area contributed by atoms with Crippen LogP contribution in [0.25, 0.3) is 10.8 Å². The van der Waals surface area contributed by atoms with E-state index in [2.05, 4.69) is 49.4 Å². The summed E-state index contributed by atoms with van der Waals surface area (Å²) in [4.78, 5) is 11.5. The van der Waals surface area contributed by atoms with Gasteiger partial charge in [-0.1, -0.05) is 49.4 Å². The molecular formula is C17H18O. The molecule has 0 radical (unpaired) electrons. The number of Topliss-reactive ketones (excluding diaryl/α,β-unsaturated/α-hetero) is 1. The Morgan fingerprint density at radius 2 is 1.89 bits per heavy atom. The number of benzene rings is 2. The highest BCUT2D eigenvalue weighted by Crippen LogP contribution is 2.39. The number of hydrogen-bond acceptors (Lipinski definition) is 1. The van der Waals surface area contributed by atoms with Crippen molar-refractivity contribution in [1.82, 2.24) is 0 Å². The second kappa shape index (κ2) is 4.24. The van der Waals surface area contributed by atoms with Gasteiger partial charge in [-0.25, -0.2) is 0 Å². The molecule has 1 saturated carbocycles. The molecule has 92 valence electrons. The first-order valence-corrected chi connectivity index (χ1v) is 6.65. The molecule has 0 saturated heterocycles. The Morgan fingerprint density at radius 3 is 2.67 bits per heavy atom. The van der Waals surface area contributed by atoms with E-state index in [0.717, 1.165) is 25.7 Å². The minimum atomic E-state index is 0.168. The van der Waals surface area contributed by atoms with Gasteiger partial charge in [-0.15, -0.1) is 0 Å². The molecule has 0 amide bonds. The van der Waals surface area contributed by atoms with Crippen molar-refractivity contribution in [3.05, 3.63) is 48.0 Å². The van der Waals surface area contributed by atoms with Crippen LogP contribution < -0.4 is 0 Å². The van der Waals surface area contributed by atoms with Gasteiger partial charge in [-0.3, -0.25) is 4.79 Å². The van der Waals surface area contributed by atoms with Crippen molar-refractivity contribution < 1.29 is 4.79 Å². The third-order valence-corrected chi connectivity index (χ3v) is 4.13. The summed E-state index contributed by atoms with van der Waals surface area (Å²) in [6.45, 7) is 2.25. The summed E-state index contributed by atoms with van der Waals surface area (Å²) < 4.78 is 0. The van der Waals surface area contributed by atoms with Crippen LogP contribution in [0.4, 0.5) is 0 Å². The van der Waals surface area contributed by atoms with Crippen LogP contribution in [0.15, 0.2) is 42.5 Å². The fourth-order valence-electron chi connectivity index (χ4n) is 3.15. The average molecular weight is 238 g/mol. The van der Waals surface area contributed by atoms with Gasteiger partial charge < -0.3 is 0 Å². The first kappa shape index (κ1) is 11.5. The molecule has 1 fully saturated rings. The molecule has 18 heavy (non-hydrogen) atoms. The Morgan fingerprint density at radius 1 is 1.11 bits per heavy atom. The first-order chi connectivity index (χ1) is 8.66. The van der Waals surface area contributed by atoms with Gasteiger partial charge in [-0.2, -0.15) is 0 Å². The van der Waals surface area contributed by atoms with Crippen LogP contribution in [0.1, 0.15) is 31.7 Å². The van der Waals surface area contributed by atoms with Gasteiger partial charge in [0.1, 0.15) is 5.78 Å². The fourth-order valence-corrected chi connectivity index (χ4v) is 3.15. The van der Waals surface area contributed by atoms with E-state index in [-0.39, 0.29) is 5.41 Å². The Labute approximate surface area is 108 Å². The maximum absolute atomic E-state index is 11.5. The van der Waals surface area contributed by atoms with Crippen LogP contribution in [0, 0.1) is 5.41 Å². The number of fused-ring (bicyclic) bond motifs is 1. The molecule has 1 aliphatic rings. The van der Waals surface area contributed by atoms with Crippen LogP contribution in [0.2, 0.25) is 0 Å². The van der Waals surface area contributed by atoms with Gasteiger partial charge in [0.2, 0.25) is 0 Å². The van der Waals surface area contributed by atoms with Crippen LogP contribution >= 0.6 is 0 Å².